The van der Waals surface area contributed by atoms with Gasteiger partial charge in [0, 0.05) is 22.6 Å². The molecule has 0 unspecified atom stereocenters. The molecule has 0 fully saturated rings. The number of benzene rings is 1. The maximum absolute atomic E-state index is 10.5. The van der Waals surface area contributed by atoms with E-state index in [1.54, 1.807) is 23.5 Å². The first-order chi connectivity index (χ1) is 7.58. The van der Waals surface area contributed by atoms with E-state index >= 15 is 0 Å². The van der Waals surface area contributed by atoms with Gasteiger partial charge < -0.3 is 6.15 Å². The first-order valence-corrected chi connectivity index (χ1v) is 5.58. The van der Waals surface area contributed by atoms with Crippen molar-refractivity contribution in [1.82, 2.24) is 11.1 Å². The van der Waals surface area contributed by atoms with Gasteiger partial charge in [-0.2, -0.15) is 0 Å². The Labute approximate surface area is 103 Å². The highest BCUT2D eigenvalue weighted by molar-refractivity contribution is 7.11. The van der Waals surface area contributed by atoms with E-state index in [-0.39, 0.29) is 11.8 Å². The molecule has 0 saturated carbocycles. The summed E-state index contributed by atoms with van der Waals surface area (Å²) < 4.78 is 0. The van der Waals surface area contributed by atoms with E-state index in [0.717, 1.165) is 21.1 Å². The van der Waals surface area contributed by atoms with Crippen LogP contribution in [0.1, 0.15) is 9.88 Å². The number of thiazole rings is 1. The number of hydrogen-bond donors (Lipinski definition) is 1. The molecular weight excluding hydrogens is 238 g/mol. The summed E-state index contributed by atoms with van der Waals surface area (Å²) in [6.45, 7) is 3.95. The number of nitro groups is 1. The lowest BCUT2D eigenvalue weighted by Crippen LogP contribution is -1.87. The summed E-state index contributed by atoms with van der Waals surface area (Å²) >= 11 is 1.63. The summed E-state index contributed by atoms with van der Waals surface area (Å²) in [5.41, 5.74) is 1.94. The number of aromatic nitrogens is 1. The molecule has 1 aromatic heterocycles. The van der Waals surface area contributed by atoms with E-state index in [1.165, 1.54) is 12.1 Å². The van der Waals surface area contributed by atoms with Crippen LogP contribution in [0.25, 0.3) is 11.3 Å². The van der Waals surface area contributed by atoms with E-state index in [2.05, 4.69) is 4.98 Å². The maximum atomic E-state index is 10.5. The van der Waals surface area contributed by atoms with E-state index in [4.69, 9.17) is 0 Å². The Bertz CT molecular complexity index is 534. The van der Waals surface area contributed by atoms with Crippen molar-refractivity contribution >= 4 is 17.0 Å². The van der Waals surface area contributed by atoms with Crippen LogP contribution >= 0.6 is 11.3 Å². The number of hydrogen-bond acceptors (Lipinski definition) is 5. The lowest BCUT2D eigenvalue weighted by atomic mass is 10.1. The average molecular weight is 251 g/mol. The Morgan fingerprint density at radius 1 is 1.24 bits per heavy atom. The second-order valence-electron chi connectivity index (χ2n) is 3.44. The predicted molar refractivity (Wildman–Crippen MR) is 68.7 cm³/mol. The first kappa shape index (κ1) is 13.3. The molecule has 5 nitrogen and oxygen atoms in total. The summed E-state index contributed by atoms with van der Waals surface area (Å²) in [5, 5.41) is 11.5. The van der Waals surface area contributed by atoms with Gasteiger partial charge in [0.15, 0.2) is 0 Å². The molecule has 0 saturated heterocycles. The van der Waals surface area contributed by atoms with Gasteiger partial charge in [0.25, 0.3) is 5.69 Å². The fourth-order valence-electron chi connectivity index (χ4n) is 1.54. The molecule has 2 rings (SSSR count). The van der Waals surface area contributed by atoms with E-state index < -0.39 is 4.92 Å². The molecule has 90 valence electrons. The molecule has 0 radical (unpaired) electrons. The van der Waals surface area contributed by atoms with Crippen LogP contribution in [0.15, 0.2) is 24.3 Å². The third-order valence-electron chi connectivity index (χ3n) is 2.26. The third-order valence-corrected chi connectivity index (χ3v) is 3.14. The topological polar surface area (TPSA) is 91.0 Å². The van der Waals surface area contributed by atoms with Crippen molar-refractivity contribution in [2.75, 3.05) is 0 Å². The van der Waals surface area contributed by atoms with Crippen LogP contribution in [0.2, 0.25) is 0 Å². The van der Waals surface area contributed by atoms with Crippen molar-refractivity contribution in [2.45, 2.75) is 13.8 Å². The zero-order valence-electron chi connectivity index (χ0n) is 9.64. The van der Waals surface area contributed by atoms with E-state index in [9.17, 15) is 10.1 Å². The monoisotopic (exact) mass is 251 g/mol. The van der Waals surface area contributed by atoms with Crippen LogP contribution in [0.4, 0.5) is 5.69 Å². The SMILES string of the molecule is Cc1nc(-c2ccc([N+](=O)[O-])cc2)c(C)s1.N. The van der Waals surface area contributed by atoms with Crippen molar-refractivity contribution in [3.8, 4) is 11.3 Å². The summed E-state index contributed by atoms with van der Waals surface area (Å²) in [7, 11) is 0. The van der Waals surface area contributed by atoms with Gasteiger partial charge >= 0.3 is 0 Å². The molecule has 0 atom stereocenters. The maximum Gasteiger partial charge on any atom is 0.269 e. The molecule has 0 aliphatic rings. The molecule has 2 aromatic rings. The Kier molecular flexibility index (Phi) is 3.93. The van der Waals surface area contributed by atoms with Crippen LogP contribution in [0.3, 0.4) is 0 Å². The molecular formula is C11H13N3O2S. The summed E-state index contributed by atoms with van der Waals surface area (Å²) in [6.07, 6.45) is 0. The zero-order chi connectivity index (χ0) is 11.7. The minimum Gasteiger partial charge on any atom is -0.344 e. The van der Waals surface area contributed by atoms with Crippen molar-refractivity contribution < 1.29 is 4.92 Å². The Morgan fingerprint density at radius 2 is 1.82 bits per heavy atom. The third kappa shape index (κ3) is 2.66. The average Bonchev–Trinajstić information content (AvgIpc) is 2.58. The molecule has 1 heterocycles. The number of non-ortho nitro benzene ring substituents is 1. The quantitative estimate of drug-likeness (QED) is 0.653. The van der Waals surface area contributed by atoms with Gasteiger partial charge in [0.1, 0.15) is 0 Å². The summed E-state index contributed by atoms with van der Waals surface area (Å²) in [4.78, 5) is 15.6. The van der Waals surface area contributed by atoms with Gasteiger partial charge in [-0.3, -0.25) is 10.1 Å². The van der Waals surface area contributed by atoms with Crippen molar-refractivity contribution in [2.24, 2.45) is 0 Å². The van der Waals surface area contributed by atoms with Crippen molar-refractivity contribution in [3.05, 3.63) is 44.3 Å². The molecule has 17 heavy (non-hydrogen) atoms. The normalized spacial score (nSPS) is 9.76. The molecule has 0 spiro atoms. The Hall–Kier alpha value is -1.79. The van der Waals surface area contributed by atoms with Gasteiger partial charge in [-0.05, 0) is 26.0 Å². The second kappa shape index (κ2) is 5.03. The zero-order valence-corrected chi connectivity index (χ0v) is 10.5. The van der Waals surface area contributed by atoms with Gasteiger partial charge in [0.2, 0.25) is 0 Å². The molecule has 6 heteroatoms. The minimum atomic E-state index is -0.400. The summed E-state index contributed by atoms with van der Waals surface area (Å²) in [5.74, 6) is 0. The van der Waals surface area contributed by atoms with Crippen molar-refractivity contribution in [3.63, 3.8) is 0 Å². The largest absolute Gasteiger partial charge is 0.344 e. The smallest absolute Gasteiger partial charge is 0.269 e. The first-order valence-electron chi connectivity index (χ1n) is 4.77. The van der Waals surface area contributed by atoms with Crippen LogP contribution < -0.4 is 6.15 Å². The number of aryl methyl sites for hydroxylation is 2. The molecule has 0 aliphatic heterocycles. The second-order valence-corrected chi connectivity index (χ2v) is 4.85. The summed E-state index contributed by atoms with van der Waals surface area (Å²) in [6, 6.07) is 6.48. The standard InChI is InChI=1S/C11H10N2O2S.H3N/c1-7-11(12-8(2)16-7)9-3-5-10(6-4-9)13(14)15;/h3-6H,1-2H3;1H3. The van der Waals surface area contributed by atoms with Crippen molar-refractivity contribution in [1.29, 1.82) is 0 Å². The molecule has 1 aromatic carbocycles. The fraction of sp³-hybridized carbons (Fsp3) is 0.182. The van der Waals surface area contributed by atoms with Gasteiger partial charge in [-0.1, -0.05) is 0 Å². The van der Waals surface area contributed by atoms with Crippen LogP contribution in [-0.2, 0) is 0 Å². The predicted octanol–water partition coefficient (Wildman–Crippen LogP) is 3.50. The van der Waals surface area contributed by atoms with E-state index in [0.29, 0.717) is 0 Å². The van der Waals surface area contributed by atoms with Crippen LogP contribution in [-0.4, -0.2) is 9.91 Å². The Morgan fingerprint density at radius 3 is 2.24 bits per heavy atom. The highest BCUT2D eigenvalue weighted by Crippen LogP contribution is 2.28. The number of nitrogens with zero attached hydrogens (tertiary/aromatic N) is 2. The Balaban J connectivity index is 0.00000144. The van der Waals surface area contributed by atoms with Gasteiger partial charge in [0.05, 0.1) is 15.6 Å². The van der Waals surface area contributed by atoms with Gasteiger partial charge in [-0.25, -0.2) is 4.98 Å². The lowest BCUT2D eigenvalue weighted by Gasteiger charge is -1.97. The lowest BCUT2D eigenvalue weighted by molar-refractivity contribution is -0.384. The minimum absolute atomic E-state index is 0. The molecule has 3 N–H and O–H groups in total. The molecule has 0 bridgehead atoms. The molecule has 0 aliphatic carbocycles. The van der Waals surface area contributed by atoms with Crippen LogP contribution in [0.5, 0.6) is 0 Å². The van der Waals surface area contributed by atoms with Gasteiger partial charge in [-0.15, -0.1) is 11.3 Å². The molecule has 0 amide bonds. The van der Waals surface area contributed by atoms with Crippen LogP contribution in [0, 0.1) is 24.0 Å². The highest BCUT2D eigenvalue weighted by atomic mass is 32.1. The number of nitro benzene ring substituents is 1. The highest BCUT2D eigenvalue weighted by Gasteiger charge is 2.09. The fourth-order valence-corrected chi connectivity index (χ4v) is 2.38. The number of rotatable bonds is 2. The van der Waals surface area contributed by atoms with E-state index in [1.807, 2.05) is 13.8 Å².